The molecule has 250 valence electrons. The summed E-state index contributed by atoms with van der Waals surface area (Å²) in [4.78, 5) is 59.7. The number of likely N-dealkylation sites (tertiary alicyclic amines) is 1. The van der Waals surface area contributed by atoms with Crippen molar-refractivity contribution in [2.45, 2.75) is 88.3 Å². The number of hydrogen-bond donors (Lipinski definition) is 2. The molecule has 8 atom stereocenters. The molecule has 4 heterocycles. The van der Waals surface area contributed by atoms with Crippen LogP contribution in [0.3, 0.4) is 0 Å². The first-order valence-corrected chi connectivity index (χ1v) is 16.5. The lowest BCUT2D eigenvalue weighted by Gasteiger charge is -2.38. The number of allylic oxidation sites excluding steroid dienone is 1. The smallest absolute Gasteiger partial charge is 0.313 e. The molecule has 4 aliphatic rings. The molecule has 46 heavy (non-hydrogen) atoms. The van der Waals surface area contributed by atoms with E-state index in [-0.39, 0.29) is 49.9 Å². The number of ether oxygens (including phenoxy) is 3. The average Bonchev–Trinajstić information content (AvgIpc) is 3.68. The maximum absolute atomic E-state index is 14.7. The van der Waals surface area contributed by atoms with Gasteiger partial charge in [-0.25, -0.2) is 0 Å². The van der Waals surface area contributed by atoms with Gasteiger partial charge in [0.15, 0.2) is 0 Å². The number of esters is 1. The third kappa shape index (κ3) is 6.50. The van der Waals surface area contributed by atoms with Crippen molar-refractivity contribution in [3.63, 3.8) is 0 Å². The molecule has 11 heteroatoms. The molecule has 2 saturated heterocycles. The van der Waals surface area contributed by atoms with E-state index in [0.29, 0.717) is 31.4 Å². The lowest BCUT2D eigenvalue weighted by atomic mass is 9.74. The van der Waals surface area contributed by atoms with Gasteiger partial charge < -0.3 is 34.4 Å². The zero-order valence-electron chi connectivity index (χ0n) is 27.0. The number of carbonyl (C=O) groups is 4. The number of nitrogens with zero attached hydrogens (tertiary/aromatic N) is 2. The Kier molecular flexibility index (Phi) is 11.0. The Morgan fingerprint density at radius 2 is 1.89 bits per heavy atom. The molecule has 1 spiro atoms. The Morgan fingerprint density at radius 3 is 2.61 bits per heavy atom. The molecule has 0 aliphatic carbocycles. The summed E-state index contributed by atoms with van der Waals surface area (Å²) in [7, 11) is 1.52. The van der Waals surface area contributed by atoms with Crippen LogP contribution >= 0.6 is 0 Å². The average molecular weight is 638 g/mol. The van der Waals surface area contributed by atoms with E-state index in [4.69, 9.17) is 14.2 Å². The van der Waals surface area contributed by atoms with Crippen LogP contribution in [0.4, 0.5) is 0 Å². The quantitative estimate of drug-likeness (QED) is 0.227. The van der Waals surface area contributed by atoms with Gasteiger partial charge in [-0.1, -0.05) is 68.0 Å². The molecule has 1 aromatic carbocycles. The van der Waals surface area contributed by atoms with Crippen LogP contribution in [0.2, 0.25) is 0 Å². The van der Waals surface area contributed by atoms with Crippen molar-refractivity contribution in [3.05, 3.63) is 60.2 Å². The molecule has 2 N–H and O–H groups in total. The van der Waals surface area contributed by atoms with Crippen molar-refractivity contribution in [2.75, 3.05) is 33.4 Å². The maximum Gasteiger partial charge on any atom is 0.313 e. The lowest BCUT2D eigenvalue weighted by Crippen LogP contribution is -2.57. The molecule has 3 amide bonds. The summed E-state index contributed by atoms with van der Waals surface area (Å²) in [6, 6.07) is 7.36. The van der Waals surface area contributed by atoms with Crippen LogP contribution in [-0.4, -0.2) is 102 Å². The van der Waals surface area contributed by atoms with E-state index >= 15 is 0 Å². The number of benzene rings is 1. The second-order valence-electron chi connectivity index (χ2n) is 12.7. The number of fused-ring (bicyclic) bond motifs is 2. The standard InChI is InChI=1S/C35H47N3O8/c1-4-13-23(2)37-19-10-6-9-16-27(40)36-25(22-44-3)30(24-14-7-5-8-15-24)45-34(43)28-26-17-18-35(46-26)29(28)32(41)38(20-11-12-21-39)31(35)33(37)42/h5-8,10,14-15,17-18,23,25-26,28-31,39H,4,9,11-13,16,19-22H2,1-3H3,(H,36,40)/b10-6-/t23?,25-,26+,28-,29-,30-,31+,35-/m1/s1. The molecule has 1 unspecified atom stereocenters. The number of cyclic esters (lactones) is 1. The topological polar surface area (TPSA) is 135 Å². The maximum atomic E-state index is 14.7. The first-order valence-electron chi connectivity index (χ1n) is 16.5. The monoisotopic (exact) mass is 637 g/mol. The first-order chi connectivity index (χ1) is 22.3. The van der Waals surface area contributed by atoms with Crippen LogP contribution in [0.5, 0.6) is 0 Å². The van der Waals surface area contributed by atoms with Gasteiger partial charge in [0.1, 0.15) is 23.7 Å². The number of methoxy groups -OCH3 is 1. The number of amides is 3. The molecule has 1 aromatic rings. The summed E-state index contributed by atoms with van der Waals surface area (Å²) in [6.07, 6.45) is 8.96. The van der Waals surface area contributed by atoms with Crippen LogP contribution in [0.15, 0.2) is 54.6 Å². The Bertz CT molecular complexity index is 1320. The van der Waals surface area contributed by atoms with Crippen LogP contribution in [0.1, 0.15) is 64.0 Å². The minimum Gasteiger partial charge on any atom is -0.455 e. The number of nitrogens with one attached hydrogen (secondary N) is 1. The van der Waals surface area contributed by atoms with Gasteiger partial charge in [-0.05, 0) is 38.2 Å². The van der Waals surface area contributed by atoms with Gasteiger partial charge >= 0.3 is 5.97 Å². The van der Waals surface area contributed by atoms with E-state index in [9.17, 15) is 24.3 Å². The molecular weight excluding hydrogens is 590 g/mol. The summed E-state index contributed by atoms with van der Waals surface area (Å²) in [5, 5.41) is 12.5. The molecule has 0 radical (unpaired) electrons. The molecular formula is C35H47N3O8. The van der Waals surface area contributed by atoms with Gasteiger partial charge in [0, 0.05) is 39.3 Å². The molecule has 11 nitrogen and oxygen atoms in total. The zero-order valence-corrected chi connectivity index (χ0v) is 27.0. The fourth-order valence-electron chi connectivity index (χ4n) is 7.48. The number of aliphatic hydroxyl groups excluding tert-OH is 1. The van der Waals surface area contributed by atoms with Gasteiger partial charge in [0.25, 0.3) is 0 Å². The SMILES string of the molecule is CCCC(C)N1C/C=C\CCC(=O)N[C@H](COC)[C@@H](c2ccccc2)OC(=O)[C@@H]2[C@@H]3C=C[C@]4(O3)[C@H](C1=O)N(CCCCO)C(=O)[C@@H]24. The van der Waals surface area contributed by atoms with Crippen molar-refractivity contribution in [2.24, 2.45) is 11.8 Å². The van der Waals surface area contributed by atoms with E-state index < -0.39 is 47.7 Å². The number of carbonyl (C=O) groups excluding carboxylic acids is 4. The lowest BCUT2D eigenvalue weighted by molar-refractivity contribution is -0.162. The number of rotatable bonds is 10. The first kappa shape index (κ1) is 33.8. The molecule has 4 aliphatic heterocycles. The highest BCUT2D eigenvalue weighted by Gasteiger charge is 2.73. The van der Waals surface area contributed by atoms with Crippen molar-refractivity contribution >= 4 is 23.7 Å². The van der Waals surface area contributed by atoms with E-state index in [1.54, 1.807) is 22.0 Å². The van der Waals surface area contributed by atoms with Crippen LogP contribution < -0.4 is 5.32 Å². The highest BCUT2D eigenvalue weighted by molar-refractivity contribution is 5.99. The Labute approximate surface area is 270 Å². The van der Waals surface area contributed by atoms with Gasteiger partial charge in [0.2, 0.25) is 17.7 Å². The molecule has 0 saturated carbocycles. The third-order valence-corrected chi connectivity index (χ3v) is 9.64. The van der Waals surface area contributed by atoms with Gasteiger partial charge in [0.05, 0.1) is 24.7 Å². The summed E-state index contributed by atoms with van der Waals surface area (Å²) in [5.41, 5.74) is -0.659. The summed E-state index contributed by atoms with van der Waals surface area (Å²) in [5.74, 6) is -3.38. The summed E-state index contributed by atoms with van der Waals surface area (Å²) >= 11 is 0. The second kappa shape index (κ2) is 14.9. The van der Waals surface area contributed by atoms with Crippen molar-refractivity contribution in [1.82, 2.24) is 15.1 Å². The van der Waals surface area contributed by atoms with Crippen molar-refractivity contribution in [1.29, 1.82) is 0 Å². The minimum absolute atomic E-state index is 0.0346. The Hall–Kier alpha value is -3.54. The number of aliphatic hydroxyl groups is 1. The van der Waals surface area contributed by atoms with Crippen molar-refractivity contribution < 1.29 is 38.5 Å². The zero-order chi connectivity index (χ0) is 32.8. The van der Waals surface area contributed by atoms with Crippen molar-refractivity contribution in [3.8, 4) is 0 Å². The fourth-order valence-corrected chi connectivity index (χ4v) is 7.48. The normalized spacial score (nSPS) is 32.8. The number of hydrogen-bond acceptors (Lipinski definition) is 8. The second-order valence-corrected chi connectivity index (χ2v) is 12.7. The summed E-state index contributed by atoms with van der Waals surface area (Å²) < 4.78 is 18.2. The largest absolute Gasteiger partial charge is 0.455 e. The Balaban J connectivity index is 1.59. The van der Waals surface area contributed by atoms with E-state index in [2.05, 4.69) is 12.2 Å². The predicted molar refractivity (Wildman–Crippen MR) is 169 cm³/mol. The van der Waals surface area contributed by atoms with Gasteiger partial charge in [-0.15, -0.1) is 0 Å². The van der Waals surface area contributed by atoms with Gasteiger partial charge in [-0.2, -0.15) is 0 Å². The van der Waals surface area contributed by atoms with Crippen LogP contribution in [0, 0.1) is 11.8 Å². The highest BCUT2D eigenvalue weighted by Crippen LogP contribution is 2.56. The van der Waals surface area contributed by atoms with Crippen LogP contribution in [0.25, 0.3) is 0 Å². The van der Waals surface area contributed by atoms with E-state index in [1.807, 2.05) is 49.4 Å². The third-order valence-electron chi connectivity index (χ3n) is 9.64. The van der Waals surface area contributed by atoms with E-state index in [0.717, 1.165) is 12.8 Å². The molecule has 2 fully saturated rings. The minimum atomic E-state index is -1.33. The van der Waals surface area contributed by atoms with Crippen LogP contribution in [-0.2, 0) is 33.4 Å². The molecule has 5 rings (SSSR count). The fraction of sp³-hybridized carbons (Fsp3) is 0.600. The predicted octanol–water partition coefficient (Wildman–Crippen LogP) is 2.69. The number of unbranched alkanes of at least 4 members (excludes halogenated alkanes) is 1. The van der Waals surface area contributed by atoms with E-state index in [1.165, 1.54) is 7.11 Å². The Morgan fingerprint density at radius 1 is 1.11 bits per heavy atom. The molecule has 5 bridgehead atoms. The highest BCUT2D eigenvalue weighted by atomic mass is 16.6. The van der Waals surface area contributed by atoms with Gasteiger partial charge in [-0.3, -0.25) is 19.2 Å². The summed E-state index contributed by atoms with van der Waals surface area (Å²) in [6.45, 7) is 4.66. The molecule has 0 aromatic heterocycles.